The smallest absolute Gasteiger partial charge is 0.261 e. The van der Waals surface area contributed by atoms with Gasteiger partial charge < -0.3 is 5.32 Å². The number of rotatable bonds is 5. The van der Waals surface area contributed by atoms with Crippen molar-refractivity contribution in [3.05, 3.63) is 60.2 Å². The average Bonchev–Trinajstić information content (AvgIpc) is 2.64. The minimum absolute atomic E-state index is 0.162. The molecule has 2 aromatic carbocycles. The van der Waals surface area contributed by atoms with Crippen molar-refractivity contribution >= 4 is 21.6 Å². The standard InChI is InChI=1S/C20H24N2O3S/c1-15-8-5-6-13-19(15)21-20(23)16-9-7-10-17(14-16)22-26(24,25)18-11-3-2-4-12-18/h2-4,7,9-12,14-15,19,22H,5-6,8,13H2,1H3,(H,21,23)/t15-,19+/m1/s1. The molecule has 3 rings (SSSR count). The lowest BCUT2D eigenvalue weighted by atomic mass is 9.86. The first-order valence-corrected chi connectivity index (χ1v) is 10.4. The van der Waals surface area contributed by atoms with Crippen LogP contribution in [-0.4, -0.2) is 20.4 Å². The summed E-state index contributed by atoms with van der Waals surface area (Å²) in [6, 6.07) is 14.9. The average molecular weight is 372 g/mol. The number of benzene rings is 2. The first-order valence-electron chi connectivity index (χ1n) is 8.94. The Morgan fingerprint density at radius 1 is 1.00 bits per heavy atom. The molecule has 26 heavy (non-hydrogen) atoms. The predicted octanol–water partition coefficient (Wildman–Crippen LogP) is 3.80. The molecule has 6 heteroatoms. The number of hydrogen-bond donors (Lipinski definition) is 2. The molecule has 0 radical (unpaired) electrons. The van der Waals surface area contributed by atoms with Gasteiger partial charge in [-0.05, 0) is 49.1 Å². The van der Waals surface area contributed by atoms with Crippen LogP contribution in [0.1, 0.15) is 43.0 Å². The third-order valence-electron chi connectivity index (χ3n) is 4.86. The number of sulfonamides is 1. The lowest BCUT2D eigenvalue weighted by molar-refractivity contribution is 0.0910. The molecule has 0 heterocycles. The van der Waals surface area contributed by atoms with E-state index in [4.69, 9.17) is 0 Å². The molecule has 0 aromatic heterocycles. The molecular formula is C20H24N2O3S. The van der Waals surface area contributed by atoms with E-state index in [2.05, 4.69) is 17.0 Å². The molecule has 1 aliphatic rings. The third kappa shape index (κ3) is 4.43. The van der Waals surface area contributed by atoms with Crippen LogP contribution < -0.4 is 10.0 Å². The number of anilines is 1. The van der Waals surface area contributed by atoms with Crippen LogP contribution >= 0.6 is 0 Å². The highest BCUT2D eigenvalue weighted by Crippen LogP contribution is 2.24. The Labute approximate surface area is 154 Å². The van der Waals surface area contributed by atoms with E-state index in [-0.39, 0.29) is 16.8 Å². The molecule has 1 amide bonds. The molecule has 0 unspecified atom stereocenters. The summed E-state index contributed by atoms with van der Waals surface area (Å²) in [5.74, 6) is 0.303. The largest absolute Gasteiger partial charge is 0.349 e. The summed E-state index contributed by atoms with van der Waals surface area (Å²) in [6.45, 7) is 2.16. The fourth-order valence-corrected chi connectivity index (χ4v) is 4.39. The number of carbonyl (C=O) groups is 1. The molecule has 2 N–H and O–H groups in total. The molecule has 0 bridgehead atoms. The van der Waals surface area contributed by atoms with Gasteiger partial charge in [0.1, 0.15) is 0 Å². The first kappa shape index (κ1) is 18.5. The highest BCUT2D eigenvalue weighted by molar-refractivity contribution is 7.92. The topological polar surface area (TPSA) is 75.3 Å². The maximum atomic E-state index is 12.6. The molecule has 1 fully saturated rings. The Morgan fingerprint density at radius 3 is 2.46 bits per heavy atom. The first-order chi connectivity index (χ1) is 12.5. The number of nitrogens with one attached hydrogen (secondary N) is 2. The summed E-state index contributed by atoms with van der Waals surface area (Å²) in [6.07, 6.45) is 4.46. The third-order valence-corrected chi connectivity index (χ3v) is 6.26. The quantitative estimate of drug-likeness (QED) is 0.838. The van der Waals surface area contributed by atoms with Gasteiger partial charge in [0.05, 0.1) is 4.90 Å². The van der Waals surface area contributed by atoms with E-state index in [9.17, 15) is 13.2 Å². The van der Waals surface area contributed by atoms with E-state index in [1.165, 1.54) is 18.6 Å². The zero-order valence-electron chi connectivity index (χ0n) is 14.8. The monoisotopic (exact) mass is 372 g/mol. The Hall–Kier alpha value is -2.34. The molecule has 138 valence electrons. The molecule has 0 saturated heterocycles. The molecule has 0 spiro atoms. The maximum absolute atomic E-state index is 12.6. The number of hydrogen-bond acceptors (Lipinski definition) is 3. The Bertz CT molecular complexity index is 866. The van der Waals surface area contributed by atoms with E-state index >= 15 is 0 Å². The van der Waals surface area contributed by atoms with Gasteiger partial charge in [-0.15, -0.1) is 0 Å². The highest BCUT2D eigenvalue weighted by atomic mass is 32.2. The van der Waals surface area contributed by atoms with Crippen molar-refractivity contribution in [2.75, 3.05) is 4.72 Å². The minimum Gasteiger partial charge on any atom is -0.349 e. The van der Waals surface area contributed by atoms with Gasteiger partial charge in [0, 0.05) is 17.3 Å². The lowest BCUT2D eigenvalue weighted by Gasteiger charge is -2.29. The number of carbonyl (C=O) groups excluding carboxylic acids is 1. The minimum atomic E-state index is -3.67. The van der Waals surface area contributed by atoms with Crippen LogP contribution in [0, 0.1) is 5.92 Å². The van der Waals surface area contributed by atoms with E-state index in [1.807, 2.05) is 0 Å². The molecular weight excluding hydrogens is 348 g/mol. The molecule has 5 nitrogen and oxygen atoms in total. The van der Waals surface area contributed by atoms with Gasteiger partial charge in [-0.1, -0.05) is 44.0 Å². The summed E-state index contributed by atoms with van der Waals surface area (Å²) >= 11 is 0. The fraction of sp³-hybridized carbons (Fsp3) is 0.350. The number of amides is 1. The summed E-state index contributed by atoms with van der Waals surface area (Å²) in [5.41, 5.74) is 0.828. The molecule has 1 aliphatic carbocycles. The fourth-order valence-electron chi connectivity index (χ4n) is 3.32. The molecule has 2 atom stereocenters. The zero-order valence-corrected chi connectivity index (χ0v) is 15.6. The Balaban J connectivity index is 1.73. The van der Waals surface area contributed by atoms with E-state index < -0.39 is 10.0 Å². The molecule has 2 aromatic rings. The normalized spacial score (nSPS) is 20.3. The molecule has 1 saturated carbocycles. The van der Waals surface area contributed by atoms with Crippen LogP contribution in [0.2, 0.25) is 0 Å². The predicted molar refractivity (Wildman–Crippen MR) is 103 cm³/mol. The van der Waals surface area contributed by atoms with Crippen molar-refractivity contribution in [2.24, 2.45) is 5.92 Å². The van der Waals surface area contributed by atoms with Gasteiger partial charge in [-0.3, -0.25) is 9.52 Å². The second kappa shape index (κ2) is 7.91. The van der Waals surface area contributed by atoms with Crippen molar-refractivity contribution in [3.63, 3.8) is 0 Å². The van der Waals surface area contributed by atoms with Gasteiger partial charge in [0.2, 0.25) is 0 Å². The van der Waals surface area contributed by atoms with Crippen LogP contribution in [0.25, 0.3) is 0 Å². The zero-order chi connectivity index (χ0) is 18.6. The van der Waals surface area contributed by atoms with Crippen molar-refractivity contribution in [1.82, 2.24) is 5.32 Å². The van der Waals surface area contributed by atoms with E-state index in [0.29, 0.717) is 17.2 Å². The van der Waals surface area contributed by atoms with Crippen LogP contribution in [0.15, 0.2) is 59.5 Å². The van der Waals surface area contributed by atoms with Gasteiger partial charge in [0.15, 0.2) is 0 Å². The lowest BCUT2D eigenvalue weighted by Crippen LogP contribution is -2.41. The summed E-state index contributed by atoms with van der Waals surface area (Å²) in [4.78, 5) is 12.7. The van der Waals surface area contributed by atoms with Gasteiger partial charge >= 0.3 is 0 Å². The van der Waals surface area contributed by atoms with Crippen LogP contribution in [0.4, 0.5) is 5.69 Å². The van der Waals surface area contributed by atoms with E-state index in [1.54, 1.807) is 42.5 Å². The van der Waals surface area contributed by atoms with Crippen molar-refractivity contribution in [2.45, 2.75) is 43.5 Å². The van der Waals surface area contributed by atoms with E-state index in [0.717, 1.165) is 19.3 Å². The van der Waals surface area contributed by atoms with Crippen LogP contribution in [0.3, 0.4) is 0 Å². The summed E-state index contributed by atoms with van der Waals surface area (Å²) < 4.78 is 27.4. The maximum Gasteiger partial charge on any atom is 0.261 e. The van der Waals surface area contributed by atoms with Gasteiger partial charge in [0.25, 0.3) is 15.9 Å². The Morgan fingerprint density at radius 2 is 1.73 bits per heavy atom. The summed E-state index contributed by atoms with van der Waals surface area (Å²) in [7, 11) is -3.67. The van der Waals surface area contributed by atoms with Gasteiger partial charge in [-0.25, -0.2) is 8.42 Å². The second-order valence-corrected chi connectivity index (χ2v) is 8.52. The van der Waals surface area contributed by atoms with Gasteiger partial charge in [-0.2, -0.15) is 0 Å². The van der Waals surface area contributed by atoms with Crippen molar-refractivity contribution in [3.8, 4) is 0 Å². The molecule has 0 aliphatic heterocycles. The van der Waals surface area contributed by atoms with Crippen molar-refractivity contribution in [1.29, 1.82) is 0 Å². The Kier molecular flexibility index (Phi) is 5.61. The second-order valence-electron chi connectivity index (χ2n) is 6.84. The SMILES string of the molecule is C[C@@H]1CCCC[C@@H]1NC(=O)c1cccc(NS(=O)(=O)c2ccccc2)c1. The van der Waals surface area contributed by atoms with Crippen LogP contribution in [-0.2, 0) is 10.0 Å². The van der Waals surface area contributed by atoms with Crippen LogP contribution in [0.5, 0.6) is 0 Å². The van der Waals surface area contributed by atoms with Crippen molar-refractivity contribution < 1.29 is 13.2 Å². The summed E-state index contributed by atoms with van der Waals surface area (Å²) in [5, 5.41) is 3.09. The highest BCUT2D eigenvalue weighted by Gasteiger charge is 2.23.